The third kappa shape index (κ3) is 5.83. The van der Waals surface area contributed by atoms with E-state index in [9.17, 15) is 9.90 Å². The van der Waals surface area contributed by atoms with Crippen molar-refractivity contribution in [2.24, 2.45) is 0 Å². The molecule has 4 heteroatoms. The zero-order chi connectivity index (χ0) is 10.9. The molecule has 1 aromatic rings. The Kier molecular flexibility index (Phi) is 5.43. The third-order valence-corrected chi connectivity index (χ3v) is 1.70. The number of carbonyl (C=O) groups is 1. The van der Waals surface area contributed by atoms with Gasteiger partial charge in [-0.2, -0.15) is 0 Å². The number of carboxylic acids is 1. The van der Waals surface area contributed by atoms with Crippen LogP contribution in [0.1, 0.15) is 5.56 Å². The molecule has 15 heavy (non-hydrogen) atoms. The summed E-state index contributed by atoms with van der Waals surface area (Å²) in [5, 5.41) is 9.98. The summed E-state index contributed by atoms with van der Waals surface area (Å²) in [5.41, 5.74) is 1.08. The van der Waals surface area contributed by atoms with Gasteiger partial charge in [-0.15, -0.1) is 0 Å². The van der Waals surface area contributed by atoms with Gasteiger partial charge in [0, 0.05) is 0 Å². The number of carbonyl (C=O) groups excluding carboxylic acids is 1. The van der Waals surface area contributed by atoms with E-state index in [-0.39, 0.29) is 13.2 Å². The van der Waals surface area contributed by atoms with Crippen LogP contribution in [0.15, 0.2) is 30.3 Å². The molecule has 0 aliphatic heterocycles. The summed E-state index contributed by atoms with van der Waals surface area (Å²) in [6.45, 7) is 0.771. The number of ether oxygens (including phenoxy) is 2. The first-order valence-corrected chi connectivity index (χ1v) is 4.68. The molecule has 0 fully saturated rings. The van der Waals surface area contributed by atoms with Crippen molar-refractivity contribution < 1.29 is 19.4 Å². The molecule has 1 rings (SSSR count). The van der Waals surface area contributed by atoms with Gasteiger partial charge in [0.2, 0.25) is 0 Å². The second-order valence-corrected chi connectivity index (χ2v) is 2.96. The van der Waals surface area contributed by atoms with E-state index in [1.807, 2.05) is 30.3 Å². The van der Waals surface area contributed by atoms with Crippen LogP contribution in [-0.4, -0.2) is 25.8 Å². The van der Waals surface area contributed by atoms with Crippen molar-refractivity contribution in [3.05, 3.63) is 35.9 Å². The number of aliphatic carboxylic acids is 1. The van der Waals surface area contributed by atoms with E-state index in [0.29, 0.717) is 13.2 Å². The molecule has 1 aromatic carbocycles. The van der Waals surface area contributed by atoms with Gasteiger partial charge in [-0.1, -0.05) is 30.3 Å². The van der Waals surface area contributed by atoms with E-state index in [4.69, 9.17) is 9.47 Å². The van der Waals surface area contributed by atoms with Crippen LogP contribution in [0.25, 0.3) is 0 Å². The maximum atomic E-state index is 9.98. The van der Waals surface area contributed by atoms with Gasteiger partial charge in [0.15, 0.2) is 0 Å². The van der Waals surface area contributed by atoms with E-state index in [1.165, 1.54) is 0 Å². The summed E-state index contributed by atoms with van der Waals surface area (Å²) in [5.74, 6) is -1.21. The summed E-state index contributed by atoms with van der Waals surface area (Å²) < 4.78 is 10.0. The number of hydrogen-bond donors (Lipinski definition) is 0. The van der Waals surface area contributed by atoms with Crippen molar-refractivity contribution in [3.8, 4) is 0 Å². The second-order valence-electron chi connectivity index (χ2n) is 2.96. The molecule has 0 aromatic heterocycles. The van der Waals surface area contributed by atoms with Crippen molar-refractivity contribution in [2.45, 2.75) is 6.61 Å². The smallest absolute Gasteiger partial charge is 0.0862 e. The highest BCUT2D eigenvalue weighted by molar-refractivity contribution is 5.65. The maximum absolute atomic E-state index is 9.98. The van der Waals surface area contributed by atoms with Crippen LogP contribution in [0.5, 0.6) is 0 Å². The Morgan fingerprint density at radius 1 is 1.13 bits per heavy atom. The van der Waals surface area contributed by atoms with E-state index in [2.05, 4.69) is 0 Å². The van der Waals surface area contributed by atoms with Gasteiger partial charge in [-0.25, -0.2) is 0 Å². The first-order chi connectivity index (χ1) is 7.29. The van der Waals surface area contributed by atoms with Gasteiger partial charge < -0.3 is 19.4 Å². The summed E-state index contributed by atoms with van der Waals surface area (Å²) in [7, 11) is 0. The van der Waals surface area contributed by atoms with Crippen LogP contribution in [0.4, 0.5) is 0 Å². The Labute approximate surface area is 88.4 Å². The van der Waals surface area contributed by atoms with E-state index in [0.717, 1.165) is 5.56 Å². The topological polar surface area (TPSA) is 58.6 Å². The van der Waals surface area contributed by atoms with Crippen LogP contribution in [0, 0.1) is 0 Å². The van der Waals surface area contributed by atoms with Gasteiger partial charge in [-0.05, 0) is 5.56 Å². The Balaban J connectivity index is 2.00. The van der Waals surface area contributed by atoms with E-state index in [1.54, 1.807) is 0 Å². The van der Waals surface area contributed by atoms with Gasteiger partial charge in [0.1, 0.15) is 0 Å². The minimum Gasteiger partial charge on any atom is -0.548 e. The van der Waals surface area contributed by atoms with E-state index < -0.39 is 5.97 Å². The Morgan fingerprint density at radius 2 is 1.80 bits per heavy atom. The average molecular weight is 209 g/mol. The predicted octanol–water partition coefficient (Wildman–Crippen LogP) is -0.0303. The van der Waals surface area contributed by atoms with Crippen molar-refractivity contribution in [1.82, 2.24) is 0 Å². The molecule has 0 radical (unpaired) electrons. The monoisotopic (exact) mass is 209 g/mol. The zero-order valence-electron chi connectivity index (χ0n) is 8.35. The average Bonchev–Trinajstić information content (AvgIpc) is 2.24. The molecule has 0 atom stereocenters. The second kappa shape index (κ2) is 6.98. The summed E-state index contributed by atoms with van der Waals surface area (Å²) in [4.78, 5) is 9.98. The van der Waals surface area contributed by atoms with Crippen molar-refractivity contribution in [3.63, 3.8) is 0 Å². The molecule has 82 valence electrons. The third-order valence-electron chi connectivity index (χ3n) is 1.70. The normalized spacial score (nSPS) is 10.1. The molecule has 0 saturated carbocycles. The van der Waals surface area contributed by atoms with Gasteiger partial charge in [0.05, 0.1) is 32.4 Å². The largest absolute Gasteiger partial charge is 0.548 e. The summed E-state index contributed by atoms with van der Waals surface area (Å²) in [6.07, 6.45) is 0. The SMILES string of the molecule is O=C([O-])COCCOCc1ccccc1. The lowest BCUT2D eigenvalue weighted by molar-refractivity contribution is -0.309. The Morgan fingerprint density at radius 3 is 2.47 bits per heavy atom. The van der Waals surface area contributed by atoms with Gasteiger partial charge in [0.25, 0.3) is 0 Å². The highest BCUT2D eigenvalue weighted by atomic mass is 16.5. The molecule has 0 spiro atoms. The number of rotatable bonds is 7. The molecule has 0 N–H and O–H groups in total. The fourth-order valence-electron chi connectivity index (χ4n) is 1.04. The van der Waals surface area contributed by atoms with Crippen LogP contribution >= 0.6 is 0 Å². The van der Waals surface area contributed by atoms with Crippen molar-refractivity contribution in [2.75, 3.05) is 19.8 Å². The number of benzene rings is 1. The fraction of sp³-hybridized carbons (Fsp3) is 0.364. The Bertz CT molecular complexity index is 284. The van der Waals surface area contributed by atoms with Gasteiger partial charge in [-0.3, -0.25) is 0 Å². The molecule has 0 aliphatic carbocycles. The van der Waals surface area contributed by atoms with Crippen molar-refractivity contribution >= 4 is 5.97 Å². The van der Waals surface area contributed by atoms with Crippen LogP contribution in [0.3, 0.4) is 0 Å². The van der Waals surface area contributed by atoms with Gasteiger partial charge >= 0.3 is 0 Å². The predicted molar refractivity (Wildman–Crippen MR) is 51.9 cm³/mol. The van der Waals surface area contributed by atoms with Crippen molar-refractivity contribution in [1.29, 1.82) is 0 Å². The number of carboxylic acid groups (broad SMARTS) is 1. The molecule has 0 saturated heterocycles. The standard InChI is InChI=1S/C11H14O4/c12-11(13)9-15-7-6-14-8-10-4-2-1-3-5-10/h1-5H,6-9H2,(H,12,13)/p-1. The first kappa shape index (κ1) is 11.7. The summed E-state index contributed by atoms with van der Waals surface area (Å²) >= 11 is 0. The first-order valence-electron chi connectivity index (χ1n) is 4.68. The Hall–Kier alpha value is -1.39. The molecular weight excluding hydrogens is 196 g/mol. The molecule has 0 unspecified atom stereocenters. The maximum Gasteiger partial charge on any atom is 0.0862 e. The zero-order valence-corrected chi connectivity index (χ0v) is 8.35. The molecular formula is C11H13O4-. The van der Waals surface area contributed by atoms with Crippen LogP contribution in [0.2, 0.25) is 0 Å². The molecule has 4 nitrogen and oxygen atoms in total. The molecule has 0 bridgehead atoms. The van der Waals surface area contributed by atoms with Crippen LogP contribution in [-0.2, 0) is 20.9 Å². The highest BCUT2D eigenvalue weighted by Gasteiger charge is 1.92. The summed E-state index contributed by atoms with van der Waals surface area (Å²) in [6, 6.07) is 9.73. The highest BCUT2D eigenvalue weighted by Crippen LogP contribution is 1.99. The lowest BCUT2D eigenvalue weighted by Crippen LogP contribution is -2.28. The van der Waals surface area contributed by atoms with Crippen LogP contribution < -0.4 is 5.11 Å². The quantitative estimate of drug-likeness (QED) is 0.592. The lowest BCUT2D eigenvalue weighted by atomic mass is 10.2. The minimum atomic E-state index is -1.21. The fourth-order valence-corrected chi connectivity index (χ4v) is 1.04. The molecule has 0 aliphatic rings. The lowest BCUT2D eigenvalue weighted by Gasteiger charge is -2.06. The van der Waals surface area contributed by atoms with E-state index >= 15 is 0 Å². The number of hydrogen-bond acceptors (Lipinski definition) is 4. The molecule has 0 heterocycles. The molecule has 0 amide bonds. The minimum absolute atomic E-state index is 0.265.